The summed E-state index contributed by atoms with van der Waals surface area (Å²) in [6.45, 7) is 0. The summed E-state index contributed by atoms with van der Waals surface area (Å²) < 4.78 is 13.4. The van der Waals surface area contributed by atoms with Crippen LogP contribution >= 0.6 is 11.6 Å². The number of hydrogen-bond acceptors (Lipinski definition) is 7. The van der Waals surface area contributed by atoms with Crippen molar-refractivity contribution in [3.05, 3.63) is 41.6 Å². The van der Waals surface area contributed by atoms with Crippen molar-refractivity contribution in [3.8, 4) is 0 Å². The van der Waals surface area contributed by atoms with Gasteiger partial charge in [0, 0.05) is 31.7 Å². The average molecular weight is 444 g/mol. The molecular formula is C21H23ClFN7O. The first-order chi connectivity index (χ1) is 14.9. The fourth-order valence-electron chi connectivity index (χ4n) is 3.76. The number of anilines is 3. The molecular weight excluding hydrogens is 421 g/mol. The van der Waals surface area contributed by atoms with E-state index in [0.717, 1.165) is 25.7 Å². The van der Waals surface area contributed by atoms with Crippen LogP contribution in [-0.4, -0.2) is 50.9 Å². The molecule has 0 atom stereocenters. The van der Waals surface area contributed by atoms with Gasteiger partial charge in [-0.1, -0.05) is 11.6 Å². The van der Waals surface area contributed by atoms with Crippen LogP contribution in [0.1, 0.15) is 25.7 Å². The van der Waals surface area contributed by atoms with Crippen LogP contribution in [0.15, 0.2) is 30.7 Å². The Morgan fingerprint density at radius 1 is 1.16 bits per heavy atom. The summed E-state index contributed by atoms with van der Waals surface area (Å²) in [5.74, 6) is 0.727. The SMILES string of the molecule is CN(C)C(=O)C1CCC(Nc2ncc3ncnc(Nc4ccc(F)c(Cl)c4)c3n2)CC1. The van der Waals surface area contributed by atoms with E-state index in [1.54, 1.807) is 31.3 Å². The quantitative estimate of drug-likeness (QED) is 0.614. The highest BCUT2D eigenvalue weighted by molar-refractivity contribution is 6.31. The molecule has 0 radical (unpaired) electrons. The zero-order valence-electron chi connectivity index (χ0n) is 17.3. The van der Waals surface area contributed by atoms with Gasteiger partial charge in [0.1, 0.15) is 23.2 Å². The minimum Gasteiger partial charge on any atom is -0.351 e. The molecule has 0 spiro atoms. The number of benzene rings is 1. The molecule has 1 saturated carbocycles. The molecule has 1 aliphatic rings. The molecule has 3 aromatic rings. The number of aromatic nitrogens is 4. The second kappa shape index (κ2) is 8.97. The van der Waals surface area contributed by atoms with Gasteiger partial charge < -0.3 is 15.5 Å². The highest BCUT2D eigenvalue weighted by Crippen LogP contribution is 2.28. The summed E-state index contributed by atoms with van der Waals surface area (Å²) in [6, 6.07) is 4.54. The lowest BCUT2D eigenvalue weighted by molar-refractivity contribution is -0.133. The van der Waals surface area contributed by atoms with Gasteiger partial charge in [0.15, 0.2) is 5.82 Å². The summed E-state index contributed by atoms with van der Waals surface area (Å²) in [6.07, 6.45) is 6.46. The van der Waals surface area contributed by atoms with Gasteiger partial charge in [0.25, 0.3) is 0 Å². The Morgan fingerprint density at radius 2 is 1.94 bits per heavy atom. The molecule has 2 aromatic heterocycles. The van der Waals surface area contributed by atoms with Gasteiger partial charge >= 0.3 is 0 Å². The summed E-state index contributed by atoms with van der Waals surface area (Å²) in [4.78, 5) is 31.3. The number of nitrogens with zero attached hydrogens (tertiary/aromatic N) is 5. The Bertz CT molecular complexity index is 1100. The largest absolute Gasteiger partial charge is 0.351 e. The number of fused-ring (bicyclic) bond motifs is 1. The average Bonchev–Trinajstić information content (AvgIpc) is 2.76. The second-order valence-corrected chi connectivity index (χ2v) is 8.24. The molecule has 0 unspecified atom stereocenters. The third-order valence-electron chi connectivity index (χ3n) is 5.41. The van der Waals surface area contributed by atoms with Crippen LogP contribution < -0.4 is 10.6 Å². The van der Waals surface area contributed by atoms with Gasteiger partial charge in [-0.15, -0.1) is 0 Å². The summed E-state index contributed by atoms with van der Waals surface area (Å²) in [5.41, 5.74) is 1.71. The van der Waals surface area contributed by atoms with Crippen molar-refractivity contribution >= 4 is 46.0 Å². The van der Waals surface area contributed by atoms with Crippen LogP contribution in [0.25, 0.3) is 11.0 Å². The number of halogens is 2. The van der Waals surface area contributed by atoms with Crippen LogP contribution in [0.5, 0.6) is 0 Å². The van der Waals surface area contributed by atoms with Gasteiger partial charge in [-0.05, 0) is 43.9 Å². The molecule has 1 fully saturated rings. The summed E-state index contributed by atoms with van der Waals surface area (Å²) in [5, 5.41) is 6.50. The minimum atomic E-state index is -0.490. The molecule has 4 rings (SSSR count). The normalized spacial score (nSPS) is 18.6. The summed E-state index contributed by atoms with van der Waals surface area (Å²) >= 11 is 5.87. The fraction of sp³-hybridized carbons (Fsp3) is 0.381. The number of carbonyl (C=O) groups is 1. The van der Waals surface area contributed by atoms with Crippen molar-refractivity contribution < 1.29 is 9.18 Å². The predicted octanol–water partition coefficient (Wildman–Crippen LogP) is 4.01. The molecule has 1 aliphatic carbocycles. The maximum absolute atomic E-state index is 13.4. The number of rotatable bonds is 5. The Kier molecular flexibility index (Phi) is 6.13. The fourth-order valence-corrected chi connectivity index (χ4v) is 3.94. The zero-order chi connectivity index (χ0) is 22.0. The molecule has 8 nitrogen and oxygen atoms in total. The molecule has 162 valence electrons. The van der Waals surface area contributed by atoms with Crippen molar-refractivity contribution in [1.82, 2.24) is 24.8 Å². The second-order valence-electron chi connectivity index (χ2n) is 7.83. The maximum Gasteiger partial charge on any atom is 0.225 e. The third-order valence-corrected chi connectivity index (χ3v) is 5.70. The van der Waals surface area contributed by atoms with E-state index in [2.05, 4.69) is 30.6 Å². The van der Waals surface area contributed by atoms with Crippen LogP contribution in [0.4, 0.5) is 21.8 Å². The predicted molar refractivity (Wildman–Crippen MR) is 118 cm³/mol. The first-order valence-electron chi connectivity index (χ1n) is 10.1. The van der Waals surface area contributed by atoms with Gasteiger partial charge in [-0.3, -0.25) is 4.79 Å². The van der Waals surface area contributed by atoms with E-state index < -0.39 is 5.82 Å². The third kappa shape index (κ3) is 4.82. The van der Waals surface area contributed by atoms with E-state index >= 15 is 0 Å². The van der Waals surface area contributed by atoms with Gasteiger partial charge in [0.05, 0.1) is 11.2 Å². The first kappa shape index (κ1) is 21.2. The Hall–Kier alpha value is -3.07. The number of amides is 1. The maximum atomic E-state index is 13.4. The number of nitrogens with one attached hydrogen (secondary N) is 2. The lowest BCUT2D eigenvalue weighted by atomic mass is 9.85. The highest BCUT2D eigenvalue weighted by Gasteiger charge is 2.27. The first-order valence-corrected chi connectivity index (χ1v) is 10.5. The topological polar surface area (TPSA) is 95.9 Å². The van der Waals surface area contributed by atoms with Gasteiger partial charge in [-0.25, -0.2) is 24.3 Å². The van der Waals surface area contributed by atoms with Gasteiger partial charge in [-0.2, -0.15) is 0 Å². The lowest BCUT2D eigenvalue weighted by Crippen LogP contribution is -2.35. The molecule has 1 aromatic carbocycles. The molecule has 0 aliphatic heterocycles. The van der Waals surface area contributed by atoms with E-state index in [1.165, 1.54) is 18.5 Å². The van der Waals surface area contributed by atoms with Crippen molar-refractivity contribution in [1.29, 1.82) is 0 Å². The van der Waals surface area contributed by atoms with E-state index in [4.69, 9.17) is 11.6 Å². The summed E-state index contributed by atoms with van der Waals surface area (Å²) in [7, 11) is 3.59. The highest BCUT2D eigenvalue weighted by atomic mass is 35.5. The van der Waals surface area contributed by atoms with E-state index in [9.17, 15) is 9.18 Å². The van der Waals surface area contributed by atoms with Crippen molar-refractivity contribution in [2.45, 2.75) is 31.7 Å². The molecule has 1 amide bonds. The standard InChI is InChI=1S/C21H23ClFN7O/c1-30(2)20(31)12-3-5-13(6-4-12)28-21-24-10-17-18(29-21)19(26-11-25-17)27-14-7-8-16(23)15(22)9-14/h7-13H,3-6H2,1-2H3,(H,24,28,29)(H,25,26,27). The number of hydrogen-bond donors (Lipinski definition) is 2. The van der Waals surface area contributed by atoms with Crippen molar-refractivity contribution in [3.63, 3.8) is 0 Å². The Balaban J connectivity index is 1.49. The Morgan fingerprint density at radius 3 is 2.65 bits per heavy atom. The van der Waals surface area contributed by atoms with E-state index in [0.29, 0.717) is 28.5 Å². The van der Waals surface area contributed by atoms with Crippen LogP contribution in [0, 0.1) is 11.7 Å². The van der Waals surface area contributed by atoms with E-state index in [-0.39, 0.29) is 22.9 Å². The molecule has 31 heavy (non-hydrogen) atoms. The van der Waals surface area contributed by atoms with E-state index in [1.807, 2.05) is 0 Å². The lowest BCUT2D eigenvalue weighted by Gasteiger charge is -2.29. The van der Waals surface area contributed by atoms with Crippen LogP contribution in [0.2, 0.25) is 5.02 Å². The molecule has 2 heterocycles. The monoisotopic (exact) mass is 443 g/mol. The zero-order valence-corrected chi connectivity index (χ0v) is 18.0. The Labute approximate surface area is 184 Å². The van der Waals surface area contributed by atoms with Crippen molar-refractivity contribution in [2.75, 3.05) is 24.7 Å². The molecule has 0 saturated heterocycles. The van der Waals surface area contributed by atoms with Crippen molar-refractivity contribution in [2.24, 2.45) is 5.92 Å². The minimum absolute atomic E-state index is 0.0173. The van der Waals surface area contributed by atoms with Gasteiger partial charge in [0.2, 0.25) is 11.9 Å². The van der Waals surface area contributed by atoms with Crippen LogP contribution in [0.3, 0.4) is 0 Å². The number of carbonyl (C=O) groups excluding carboxylic acids is 1. The smallest absolute Gasteiger partial charge is 0.225 e. The molecule has 2 N–H and O–H groups in total. The van der Waals surface area contributed by atoms with Crippen LogP contribution in [-0.2, 0) is 4.79 Å². The molecule has 10 heteroatoms. The molecule has 0 bridgehead atoms.